The Morgan fingerprint density at radius 1 is 1.10 bits per heavy atom. The molecule has 0 bridgehead atoms. The number of carbonyl (C=O) groups is 1. The molecule has 0 N–H and O–H groups in total. The normalized spacial score (nSPS) is 13.9. The molecule has 21 heavy (non-hydrogen) atoms. The number of benzene rings is 2. The van der Waals surface area contributed by atoms with Gasteiger partial charge in [-0.05, 0) is 37.2 Å². The lowest BCUT2D eigenvalue weighted by Gasteiger charge is -2.29. The highest BCUT2D eigenvalue weighted by atomic mass is 19.1. The molecular weight excluding hydrogens is 265 g/mol. The Morgan fingerprint density at radius 2 is 1.71 bits per heavy atom. The minimum absolute atomic E-state index is 0.233. The summed E-state index contributed by atoms with van der Waals surface area (Å²) in [5, 5.41) is 0. The predicted molar refractivity (Wildman–Crippen MR) is 82.6 cm³/mol. The number of hydrogen-bond donors (Lipinski definition) is 0. The highest BCUT2D eigenvalue weighted by Crippen LogP contribution is 2.23. The molecule has 0 saturated heterocycles. The molecular formula is C18H20FNO. The van der Waals surface area contributed by atoms with Gasteiger partial charge in [0.1, 0.15) is 12.1 Å². The summed E-state index contributed by atoms with van der Waals surface area (Å²) >= 11 is 0. The molecule has 0 heterocycles. The SMILES string of the molecule is CN(Cc1ccc(F)cc1)CC(C)(C=O)c1ccccc1. The lowest BCUT2D eigenvalue weighted by Crippen LogP contribution is -2.37. The van der Waals surface area contributed by atoms with E-state index in [1.807, 2.05) is 44.3 Å². The highest BCUT2D eigenvalue weighted by Gasteiger charge is 2.27. The summed E-state index contributed by atoms with van der Waals surface area (Å²) in [5.74, 6) is -0.233. The van der Waals surface area contributed by atoms with Gasteiger partial charge in [0.15, 0.2) is 0 Å². The highest BCUT2D eigenvalue weighted by molar-refractivity contribution is 5.68. The van der Waals surface area contributed by atoms with Crippen molar-refractivity contribution in [2.75, 3.05) is 13.6 Å². The van der Waals surface area contributed by atoms with Gasteiger partial charge in [0.05, 0.1) is 5.41 Å². The number of hydrogen-bond acceptors (Lipinski definition) is 2. The Bertz CT molecular complexity index is 582. The van der Waals surface area contributed by atoms with E-state index in [4.69, 9.17) is 0 Å². The molecule has 3 heteroatoms. The maximum atomic E-state index is 12.9. The standard InChI is InChI=1S/C18H20FNO/c1-18(14-21,16-6-4-3-5-7-16)13-20(2)12-15-8-10-17(19)11-9-15/h3-11,14H,12-13H2,1-2H3. The zero-order chi connectivity index (χ0) is 15.3. The van der Waals surface area contributed by atoms with Crippen LogP contribution in [0.1, 0.15) is 18.1 Å². The molecule has 0 saturated carbocycles. The van der Waals surface area contributed by atoms with Crippen LogP contribution in [0.2, 0.25) is 0 Å². The van der Waals surface area contributed by atoms with Crippen molar-refractivity contribution >= 4 is 6.29 Å². The van der Waals surface area contributed by atoms with E-state index in [0.29, 0.717) is 13.1 Å². The first kappa shape index (κ1) is 15.4. The fourth-order valence-electron chi connectivity index (χ4n) is 2.53. The van der Waals surface area contributed by atoms with E-state index in [1.165, 1.54) is 12.1 Å². The van der Waals surface area contributed by atoms with Gasteiger partial charge in [-0.3, -0.25) is 0 Å². The van der Waals surface area contributed by atoms with Gasteiger partial charge < -0.3 is 9.69 Å². The van der Waals surface area contributed by atoms with Gasteiger partial charge >= 0.3 is 0 Å². The Kier molecular flexibility index (Phi) is 4.86. The first-order valence-corrected chi connectivity index (χ1v) is 6.98. The predicted octanol–water partition coefficient (Wildman–Crippen LogP) is 3.41. The number of nitrogens with zero attached hydrogens (tertiary/aromatic N) is 1. The molecule has 1 atom stereocenters. The van der Waals surface area contributed by atoms with Crippen LogP contribution in [0.5, 0.6) is 0 Å². The average Bonchev–Trinajstić information content (AvgIpc) is 2.50. The second-order valence-corrected chi connectivity index (χ2v) is 5.70. The zero-order valence-electron chi connectivity index (χ0n) is 12.4. The van der Waals surface area contributed by atoms with Crippen LogP contribution in [0.25, 0.3) is 0 Å². The van der Waals surface area contributed by atoms with Gasteiger partial charge in [0.2, 0.25) is 0 Å². The first-order valence-electron chi connectivity index (χ1n) is 6.98. The topological polar surface area (TPSA) is 20.3 Å². The number of aldehydes is 1. The van der Waals surface area contributed by atoms with Gasteiger partial charge in [0.25, 0.3) is 0 Å². The van der Waals surface area contributed by atoms with Crippen LogP contribution >= 0.6 is 0 Å². The quantitative estimate of drug-likeness (QED) is 0.758. The molecule has 2 aromatic carbocycles. The van der Waals surface area contributed by atoms with Crippen LogP contribution < -0.4 is 0 Å². The molecule has 110 valence electrons. The molecule has 1 unspecified atom stereocenters. The minimum atomic E-state index is -0.546. The van der Waals surface area contributed by atoms with Crippen molar-refractivity contribution < 1.29 is 9.18 Å². The summed E-state index contributed by atoms with van der Waals surface area (Å²) in [4.78, 5) is 13.7. The van der Waals surface area contributed by atoms with E-state index in [-0.39, 0.29) is 5.82 Å². The fourth-order valence-corrected chi connectivity index (χ4v) is 2.53. The van der Waals surface area contributed by atoms with E-state index < -0.39 is 5.41 Å². The summed E-state index contributed by atoms with van der Waals surface area (Å²) in [6.45, 7) is 3.23. The van der Waals surface area contributed by atoms with Crippen molar-refractivity contribution in [1.29, 1.82) is 0 Å². The summed E-state index contributed by atoms with van der Waals surface area (Å²) in [7, 11) is 1.97. The average molecular weight is 285 g/mol. The minimum Gasteiger partial charge on any atom is -0.302 e. The molecule has 2 nitrogen and oxygen atoms in total. The van der Waals surface area contributed by atoms with E-state index >= 15 is 0 Å². The number of carbonyl (C=O) groups excluding carboxylic acids is 1. The van der Waals surface area contributed by atoms with Gasteiger partial charge in [-0.1, -0.05) is 42.5 Å². The molecule has 0 fully saturated rings. The van der Waals surface area contributed by atoms with Crippen LogP contribution in [0.3, 0.4) is 0 Å². The lowest BCUT2D eigenvalue weighted by atomic mass is 9.83. The third-order valence-electron chi connectivity index (χ3n) is 3.66. The van der Waals surface area contributed by atoms with E-state index in [2.05, 4.69) is 4.90 Å². The van der Waals surface area contributed by atoms with Crippen LogP contribution in [0.15, 0.2) is 54.6 Å². The molecule has 0 aliphatic heterocycles. The van der Waals surface area contributed by atoms with Crippen molar-refractivity contribution in [3.05, 3.63) is 71.5 Å². The molecule has 2 rings (SSSR count). The molecule has 0 spiro atoms. The number of rotatable bonds is 6. The van der Waals surface area contributed by atoms with Crippen molar-refractivity contribution in [3.8, 4) is 0 Å². The summed E-state index contributed by atoms with van der Waals surface area (Å²) < 4.78 is 12.9. The van der Waals surface area contributed by atoms with Crippen LogP contribution in [0.4, 0.5) is 4.39 Å². The van der Waals surface area contributed by atoms with Gasteiger partial charge in [-0.15, -0.1) is 0 Å². The molecule has 0 amide bonds. The van der Waals surface area contributed by atoms with Gasteiger partial charge in [-0.2, -0.15) is 0 Å². The largest absolute Gasteiger partial charge is 0.302 e. The summed E-state index contributed by atoms with van der Waals surface area (Å²) in [5.41, 5.74) is 1.49. The van der Waals surface area contributed by atoms with E-state index in [9.17, 15) is 9.18 Å². The Hall–Kier alpha value is -2.00. The number of halogens is 1. The summed E-state index contributed by atoms with van der Waals surface area (Å²) in [6.07, 6.45) is 1.00. The lowest BCUT2D eigenvalue weighted by molar-refractivity contribution is -0.112. The van der Waals surface area contributed by atoms with Crippen LogP contribution in [-0.2, 0) is 16.8 Å². The second kappa shape index (κ2) is 6.64. The zero-order valence-corrected chi connectivity index (χ0v) is 12.4. The van der Waals surface area contributed by atoms with Crippen molar-refractivity contribution in [1.82, 2.24) is 4.90 Å². The van der Waals surface area contributed by atoms with Crippen molar-refractivity contribution in [2.24, 2.45) is 0 Å². The Labute approximate surface area is 125 Å². The van der Waals surface area contributed by atoms with E-state index in [0.717, 1.165) is 17.4 Å². The third-order valence-corrected chi connectivity index (χ3v) is 3.66. The smallest absolute Gasteiger partial charge is 0.131 e. The molecule has 0 aliphatic carbocycles. The molecule has 0 aromatic heterocycles. The number of likely N-dealkylation sites (N-methyl/N-ethyl adjacent to an activating group) is 1. The van der Waals surface area contributed by atoms with Crippen LogP contribution in [-0.4, -0.2) is 24.8 Å². The van der Waals surface area contributed by atoms with Gasteiger partial charge in [0, 0.05) is 13.1 Å². The monoisotopic (exact) mass is 285 g/mol. The Morgan fingerprint density at radius 3 is 2.29 bits per heavy atom. The Balaban J connectivity index is 2.07. The van der Waals surface area contributed by atoms with Gasteiger partial charge in [-0.25, -0.2) is 4.39 Å². The molecule has 0 radical (unpaired) electrons. The van der Waals surface area contributed by atoms with Crippen molar-refractivity contribution in [2.45, 2.75) is 18.9 Å². The maximum Gasteiger partial charge on any atom is 0.131 e. The third kappa shape index (κ3) is 3.99. The first-order chi connectivity index (χ1) is 10.0. The second-order valence-electron chi connectivity index (χ2n) is 5.70. The van der Waals surface area contributed by atoms with E-state index in [1.54, 1.807) is 12.1 Å². The summed E-state index contributed by atoms with van der Waals surface area (Å²) in [6, 6.07) is 16.2. The fraction of sp³-hybridized carbons (Fsp3) is 0.278. The molecule has 2 aromatic rings. The maximum absolute atomic E-state index is 12.9. The molecule has 0 aliphatic rings. The van der Waals surface area contributed by atoms with Crippen molar-refractivity contribution in [3.63, 3.8) is 0 Å². The van der Waals surface area contributed by atoms with Crippen LogP contribution in [0, 0.1) is 5.82 Å².